The third-order valence-corrected chi connectivity index (χ3v) is 3.67. The molecule has 0 atom stereocenters. The van der Waals surface area contributed by atoms with Crippen LogP contribution in [0.25, 0.3) is 0 Å². The molecule has 0 aliphatic heterocycles. The Morgan fingerprint density at radius 3 is 2.46 bits per heavy atom. The van der Waals surface area contributed by atoms with E-state index in [4.69, 9.17) is 11.6 Å². The molecular weight excluding hydrogens is 326 g/mol. The number of benzene rings is 1. The zero-order chi connectivity index (χ0) is 17.9. The van der Waals surface area contributed by atoms with Crippen LogP contribution in [0, 0.1) is 6.92 Å². The summed E-state index contributed by atoms with van der Waals surface area (Å²) in [7, 11) is 0. The third kappa shape index (κ3) is 4.11. The number of hydrogen-bond donors (Lipinski definition) is 1. The van der Waals surface area contributed by atoms with E-state index in [0.29, 0.717) is 10.6 Å². The van der Waals surface area contributed by atoms with Gasteiger partial charge in [0.1, 0.15) is 5.69 Å². The van der Waals surface area contributed by atoms with Crippen LogP contribution in [0.3, 0.4) is 0 Å². The highest BCUT2D eigenvalue weighted by atomic mass is 35.5. The zero-order valence-corrected chi connectivity index (χ0v) is 14.9. The molecule has 6 heteroatoms. The molecule has 5 nitrogen and oxygen atoms in total. The van der Waals surface area contributed by atoms with Crippen molar-refractivity contribution in [3.8, 4) is 0 Å². The monoisotopic (exact) mass is 345 g/mol. The number of carbonyl (C=O) groups is 2. The largest absolute Gasteiger partial charge is 0.291 e. The molecule has 0 radical (unpaired) electrons. The number of nitrogens with zero attached hydrogens (tertiary/aromatic N) is 2. The van der Waals surface area contributed by atoms with Gasteiger partial charge < -0.3 is 0 Å². The summed E-state index contributed by atoms with van der Waals surface area (Å²) in [6.45, 7) is 7.34. The van der Waals surface area contributed by atoms with Crippen LogP contribution >= 0.6 is 11.6 Å². The number of halogens is 1. The zero-order valence-electron chi connectivity index (χ0n) is 14.1. The number of pyridine rings is 1. The topological polar surface area (TPSA) is 62.3 Å². The molecule has 2 aromatic rings. The second-order valence-corrected chi connectivity index (χ2v) is 6.86. The Labute approximate surface area is 146 Å². The first kappa shape index (κ1) is 17.9. The van der Waals surface area contributed by atoms with E-state index in [1.165, 1.54) is 11.2 Å². The number of carbonyl (C=O) groups excluding carboxylic acids is 2. The molecular formula is C18H20ClN3O2. The highest BCUT2D eigenvalue weighted by molar-refractivity contribution is 6.33. The number of amides is 2. The SMILES string of the molecule is Cc1ccc(Cl)c(C(=O)NN(C(=O)c2ccccn2)C(C)(C)C)c1. The maximum absolute atomic E-state index is 12.7. The molecule has 0 aliphatic carbocycles. The van der Waals surface area contributed by atoms with Gasteiger partial charge in [0.05, 0.1) is 16.1 Å². The van der Waals surface area contributed by atoms with Gasteiger partial charge >= 0.3 is 0 Å². The molecule has 0 saturated heterocycles. The van der Waals surface area contributed by atoms with Gasteiger partial charge in [-0.2, -0.15) is 0 Å². The summed E-state index contributed by atoms with van der Waals surface area (Å²) in [4.78, 5) is 29.4. The van der Waals surface area contributed by atoms with Crippen LogP contribution in [0.1, 0.15) is 47.2 Å². The van der Waals surface area contributed by atoms with Crippen molar-refractivity contribution in [2.75, 3.05) is 0 Å². The number of aromatic nitrogens is 1. The summed E-state index contributed by atoms with van der Waals surface area (Å²) >= 11 is 6.11. The van der Waals surface area contributed by atoms with Crippen molar-refractivity contribution in [3.05, 3.63) is 64.4 Å². The van der Waals surface area contributed by atoms with Crippen LogP contribution in [0.15, 0.2) is 42.6 Å². The molecule has 1 aromatic carbocycles. The minimum atomic E-state index is -0.638. The Morgan fingerprint density at radius 2 is 1.88 bits per heavy atom. The highest BCUT2D eigenvalue weighted by Crippen LogP contribution is 2.19. The predicted molar refractivity (Wildman–Crippen MR) is 93.8 cm³/mol. The molecule has 126 valence electrons. The summed E-state index contributed by atoms with van der Waals surface area (Å²) in [6, 6.07) is 10.2. The van der Waals surface area contributed by atoms with E-state index < -0.39 is 11.4 Å². The van der Waals surface area contributed by atoms with Crippen molar-refractivity contribution in [2.45, 2.75) is 33.2 Å². The highest BCUT2D eigenvalue weighted by Gasteiger charge is 2.30. The van der Waals surface area contributed by atoms with Gasteiger partial charge in [-0.25, -0.2) is 5.01 Å². The fourth-order valence-corrected chi connectivity index (χ4v) is 2.31. The van der Waals surface area contributed by atoms with Crippen LogP contribution in [0.5, 0.6) is 0 Å². The average molecular weight is 346 g/mol. The first-order valence-electron chi connectivity index (χ1n) is 7.53. The van der Waals surface area contributed by atoms with Gasteiger partial charge in [-0.05, 0) is 52.0 Å². The molecule has 0 aliphatic rings. The van der Waals surface area contributed by atoms with Crippen LogP contribution in [-0.2, 0) is 0 Å². The van der Waals surface area contributed by atoms with Crippen LogP contribution < -0.4 is 5.43 Å². The lowest BCUT2D eigenvalue weighted by Crippen LogP contribution is -2.56. The Morgan fingerprint density at radius 1 is 1.17 bits per heavy atom. The molecule has 0 spiro atoms. The van der Waals surface area contributed by atoms with Crippen molar-refractivity contribution in [3.63, 3.8) is 0 Å². The van der Waals surface area contributed by atoms with Gasteiger partial charge in [-0.15, -0.1) is 0 Å². The van der Waals surface area contributed by atoms with E-state index in [2.05, 4.69) is 10.4 Å². The van der Waals surface area contributed by atoms with Gasteiger partial charge in [-0.1, -0.05) is 29.3 Å². The summed E-state index contributed by atoms with van der Waals surface area (Å²) < 4.78 is 0. The Hall–Kier alpha value is -2.40. The van der Waals surface area contributed by atoms with Crippen LogP contribution in [0.2, 0.25) is 5.02 Å². The molecule has 24 heavy (non-hydrogen) atoms. The second-order valence-electron chi connectivity index (χ2n) is 6.45. The fraction of sp³-hybridized carbons (Fsp3) is 0.278. The van der Waals surface area contributed by atoms with E-state index in [-0.39, 0.29) is 11.6 Å². The lowest BCUT2D eigenvalue weighted by atomic mass is 10.1. The van der Waals surface area contributed by atoms with Gasteiger partial charge in [-0.3, -0.25) is 20.0 Å². The van der Waals surface area contributed by atoms with Gasteiger partial charge in [0.15, 0.2) is 0 Å². The smallest absolute Gasteiger partial charge is 0.267 e. The molecule has 0 fully saturated rings. The van der Waals surface area contributed by atoms with E-state index >= 15 is 0 Å². The van der Waals surface area contributed by atoms with Crippen molar-refractivity contribution >= 4 is 23.4 Å². The summed E-state index contributed by atoms with van der Waals surface area (Å²) in [5.41, 5.74) is 3.50. The van der Waals surface area contributed by atoms with E-state index in [1.807, 2.05) is 33.8 Å². The molecule has 0 saturated carbocycles. The molecule has 0 bridgehead atoms. The Kier molecular flexibility index (Phi) is 5.24. The van der Waals surface area contributed by atoms with Crippen LogP contribution in [-0.4, -0.2) is 27.3 Å². The number of rotatable bonds is 2. The Bertz CT molecular complexity index is 755. The van der Waals surface area contributed by atoms with E-state index in [9.17, 15) is 9.59 Å². The number of aryl methyl sites for hydroxylation is 1. The minimum Gasteiger partial charge on any atom is -0.267 e. The van der Waals surface area contributed by atoms with Crippen molar-refractivity contribution < 1.29 is 9.59 Å². The van der Waals surface area contributed by atoms with Crippen molar-refractivity contribution in [1.29, 1.82) is 0 Å². The van der Waals surface area contributed by atoms with Crippen LogP contribution in [0.4, 0.5) is 0 Å². The van der Waals surface area contributed by atoms with Gasteiger partial charge in [0.2, 0.25) is 0 Å². The van der Waals surface area contributed by atoms with Crippen molar-refractivity contribution in [1.82, 2.24) is 15.4 Å². The lowest BCUT2D eigenvalue weighted by Gasteiger charge is -2.35. The molecule has 0 unspecified atom stereocenters. The maximum atomic E-state index is 12.7. The van der Waals surface area contributed by atoms with E-state index in [0.717, 1.165) is 5.56 Å². The Balaban J connectivity index is 2.32. The number of nitrogens with one attached hydrogen (secondary N) is 1. The molecule has 2 amide bonds. The predicted octanol–water partition coefficient (Wildman–Crippen LogP) is 3.63. The van der Waals surface area contributed by atoms with Gasteiger partial charge in [0.25, 0.3) is 11.8 Å². The molecule has 1 heterocycles. The first-order chi connectivity index (χ1) is 11.2. The number of hydrogen-bond acceptors (Lipinski definition) is 3. The summed E-state index contributed by atoms with van der Waals surface area (Å²) in [6.07, 6.45) is 1.54. The second kappa shape index (κ2) is 7.01. The maximum Gasteiger partial charge on any atom is 0.291 e. The first-order valence-corrected chi connectivity index (χ1v) is 7.90. The normalized spacial score (nSPS) is 11.0. The minimum absolute atomic E-state index is 0.253. The average Bonchev–Trinajstić information content (AvgIpc) is 2.53. The summed E-state index contributed by atoms with van der Waals surface area (Å²) in [5, 5.41) is 1.60. The number of hydrazine groups is 1. The van der Waals surface area contributed by atoms with Crippen molar-refractivity contribution in [2.24, 2.45) is 0 Å². The van der Waals surface area contributed by atoms with Gasteiger partial charge in [0, 0.05) is 6.20 Å². The lowest BCUT2D eigenvalue weighted by molar-refractivity contribution is 0.0354. The standard InChI is InChI=1S/C18H20ClN3O2/c1-12-8-9-14(19)13(11-12)16(23)21-22(18(2,3)4)17(24)15-7-5-6-10-20-15/h5-11H,1-4H3,(H,21,23). The van der Waals surface area contributed by atoms with E-state index in [1.54, 1.807) is 30.3 Å². The quantitative estimate of drug-likeness (QED) is 0.845. The molecule has 1 N–H and O–H groups in total. The molecule has 1 aromatic heterocycles. The molecule has 2 rings (SSSR count). The summed E-state index contributed by atoms with van der Waals surface area (Å²) in [5.74, 6) is -0.830. The fourth-order valence-electron chi connectivity index (χ4n) is 2.10. The third-order valence-electron chi connectivity index (χ3n) is 3.34.